The Labute approximate surface area is 116 Å². The molecule has 0 aromatic heterocycles. The van der Waals surface area contributed by atoms with Crippen LogP contribution in [-0.4, -0.2) is 37.3 Å². The fourth-order valence-corrected chi connectivity index (χ4v) is 3.83. The minimum absolute atomic E-state index is 0.329. The Kier molecular flexibility index (Phi) is 2.86. The maximum absolute atomic E-state index is 5.89. The summed E-state index contributed by atoms with van der Waals surface area (Å²) in [5.74, 6) is 0.935. The third-order valence-corrected chi connectivity index (χ3v) is 5.95. The number of hydrogen-bond acceptors (Lipinski definition) is 2. The van der Waals surface area contributed by atoms with Gasteiger partial charge in [-0.1, -0.05) is 27.7 Å². The van der Waals surface area contributed by atoms with Gasteiger partial charge in [-0.2, -0.15) is 0 Å². The predicted molar refractivity (Wildman–Crippen MR) is 77.3 cm³/mol. The van der Waals surface area contributed by atoms with E-state index < -0.39 is 0 Å². The molecule has 2 heterocycles. The lowest BCUT2D eigenvalue weighted by Gasteiger charge is -2.23. The Morgan fingerprint density at radius 2 is 1.79 bits per heavy atom. The summed E-state index contributed by atoms with van der Waals surface area (Å²) in [4.78, 5) is 4.39. The van der Waals surface area contributed by atoms with Crippen molar-refractivity contribution in [2.24, 2.45) is 15.8 Å². The van der Waals surface area contributed by atoms with Gasteiger partial charge in [0.15, 0.2) is 5.96 Å². The van der Waals surface area contributed by atoms with Gasteiger partial charge in [-0.15, -0.1) is 0 Å². The van der Waals surface area contributed by atoms with E-state index in [-0.39, 0.29) is 0 Å². The molecule has 2 saturated heterocycles. The molecule has 3 atom stereocenters. The highest BCUT2D eigenvalue weighted by atomic mass is 16.5. The van der Waals surface area contributed by atoms with Crippen molar-refractivity contribution in [1.29, 1.82) is 0 Å². The average Bonchev–Trinajstić information content (AvgIpc) is 2.81. The first-order valence-corrected chi connectivity index (χ1v) is 7.51. The number of aliphatic imine (C=N–C) groups is 1. The van der Waals surface area contributed by atoms with Crippen molar-refractivity contribution >= 4 is 5.96 Å². The molecule has 0 radical (unpaired) electrons. The first kappa shape index (κ1) is 13.2. The van der Waals surface area contributed by atoms with Crippen LogP contribution in [-0.2, 0) is 4.74 Å². The topological polar surface area (TPSA) is 45.7 Å². The highest BCUT2D eigenvalue weighted by Crippen LogP contribution is 2.62. The second-order valence-corrected chi connectivity index (χ2v) is 7.45. The molecule has 19 heavy (non-hydrogen) atoms. The Balaban J connectivity index is 1.58. The SMILES string of the molecule is CN=C(NC1CC2CCC1O2)NC1C(C)(C)C1(C)C. The lowest BCUT2D eigenvalue weighted by Crippen LogP contribution is -2.48. The van der Waals surface area contributed by atoms with Gasteiger partial charge in [0.1, 0.15) is 0 Å². The van der Waals surface area contributed by atoms with Crippen LogP contribution in [0.25, 0.3) is 0 Å². The van der Waals surface area contributed by atoms with Crippen LogP contribution in [0.5, 0.6) is 0 Å². The summed E-state index contributed by atoms with van der Waals surface area (Å²) in [6.07, 6.45) is 4.43. The highest BCUT2D eigenvalue weighted by molar-refractivity contribution is 5.81. The van der Waals surface area contributed by atoms with Gasteiger partial charge in [0.05, 0.1) is 18.2 Å². The lowest BCUT2D eigenvalue weighted by molar-refractivity contribution is 0.0992. The normalized spacial score (nSPS) is 39.4. The van der Waals surface area contributed by atoms with Gasteiger partial charge >= 0.3 is 0 Å². The van der Waals surface area contributed by atoms with Crippen molar-refractivity contribution in [3.05, 3.63) is 0 Å². The summed E-state index contributed by atoms with van der Waals surface area (Å²) >= 11 is 0. The molecule has 108 valence electrons. The minimum atomic E-state index is 0.329. The molecule has 4 nitrogen and oxygen atoms in total. The van der Waals surface area contributed by atoms with Crippen molar-refractivity contribution in [3.63, 3.8) is 0 Å². The van der Waals surface area contributed by atoms with E-state index in [0.29, 0.717) is 35.1 Å². The van der Waals surface area contributed by atoms with E-state index in [1.54, 1.807) is 0 Å². The first-order valence-electron chi connectivity index (χ1n) is 7.51. The minimum Gasteiger partial charge on any atom is -0.373 e. The predicted octanol–water partition coefficient (Wildman–Crippen LogP) is 1.91. The van der Waals surface area contributed by atoms with Crippen LogP contribution in [0, 0.1) is 10.8 Å². The number of nitrogens with one attached hydrogen (secondary N) is 2. The third-order valence-electron chi connectivity index (χ3n) is 5.95. The molecule has 1 aliphatic carbocycles. The molecule has 1 saturated carbocycles. The van der Waals surface area contributed by atoms with E-state index in [9.17, 15) is 0 Å². The van der Waals surface area contributed by atoms with Crippen LogP contribution in [0.2, 0.25) is 0 Å². The van der Waals surface area contributed by atoms with E-state index >= 15 is 0 Å². The molecule has 3 rings (SSSR count). The summed E-state index contributed by atoms with van der Waals surface area (Å²) in [6, 6.07) is 0.931. The molecule has 4 heteroatoms. The molecule has 0 aromatic carbocycles. The second-order valence-electron chi connectivity index (χ2n) is 7.45. The number of nitrogens with zero attached hydrogens (tertiary/aromatic N) is 1. The largest absolute Gasteiger partial charge is 0.373 e. The molecule has 2 N–H and O–H groups in total. The monoisotopic (exact) mass is 265 g/mol. The standard InChI is InChI=1S/C15H27N3O/c1-14(2)12(15(14,3)4)18-13(16-5)17-10-8-9-6-7-11(10)19-9/h9-12H,6-8H2,1-5H3,(H2,16,17,18). The Bertz CT molecular complexity index is 388. The fraction of sp³-hybridized carbons (Fsp3) is 0.933. The average molecular weight is 265 g/mol. The van der Waals surface area contributed by atoms with Gasteiger partial charge in [-0.25, -0.2) is 0 Å². The van der Waals surface area contributed by atoms with Crippen LogP contribution in [0.15, 0.2) is 4.99 Å². The van der Waals surface area contributed by atoms with Crippen LogP contribution in [0.3, 0.4) is 0 Å². The molecule has 3 aliphatic rings. The number of hydrogen-bond donors (Lipinski definition) is 2. The Morgan fingerprint density at radius 3 is 2.21 bits per heavy atom. The van der Waals surface area contributed by atoms with Crippen molar-refractivity contribution < 1.29 is 4.74 Å². The quantitative estimate of drug-likeness (QED) is 0.592. The second kappa shape index (κ2) is 4.11. The fourth-order valence-electron chi connectivity index (χ4n) is 3.83. The zero-order chi connectivity index (χ0) is 13.8. The first-order chi connectivity index (χ1) is 8.86. The summed E-state index contributed by atoms with van der Waals surface area (Å²) in [5.41, 5.74) is 0.658. The van der Waals surface area contributed by atoms with E-state index in [0.717, 1.165) is 12.4 Å². The molecule has 0 spiro atoms. The highest BCUT2D eigenvalue weighted by Gasteiger charge is 2.65. The Morgan fingerprint density at radius 1 is 1.11 bits per heavy atom. The molecule has 2 aliphatic heterocycles. The van der Waals surface area contributed by atoms with E-state index in [1.807, 2.05) is 7.05 Å². The van der Waals surface area contributed by atoms with Gasteiger partial charge in [-0.05, 0) is 30.1 Å². The molecular weight excluding hydrogens is 238 g/mol. The number of ether oxygens (including phenoxy) is 1. The van der Waals surface area contributed by atoms with Crippen molar-refractivity contribution in [1.82, 2.24) is 10.6 Å². The van der Waals surface area contributed by atoms with Gasteiger partial charge in [0.25, 0.3) is 0 Å². The lowest BCUT2D eigenvalue weighted by atomic mass is 9.96. The van der Waals surface area contributed by atoms with Crippen LogP contribution in [0.4, 0.5) is 0 Å². The summed E-state index contributed by atoms with van der Waals surface area (Å²) in [6.45, 7) is 9.27. The smallest absolute Gasteiger partial charge is 0.191 e. The zero-order valence-corrected chi connectivity index (χ0v) is 12.8. The van der Waals surface area contributed by atoms with Crippen molar-refractivity contribution in [3.8, 4) is 0 Å². The molecule has 3 unspecified atom stereocenters. The van der Waals surface area contributed by atoms with Crippen molar-refractivity contribution in [2.45, 2.75) is 71.2 Å². The van der Waals surface area contributed by atoms with Crippen LogP contribution < -0.4 is 10.6 Å². The summed E-state index contributed by atoms with van der Waals surface area (Å²) in [5, 5.41) is 7.15. The molecular formula is C15H27N3O. The summed E-state index contributed by atoms with van der Waals surface area (Å²) < 4.78 is 5.89. The number of rotatable bonds is 2. The molecule has 0 amide bonds. The van der Waals surface area contributed by atoms with Crippen LogP contribution >= 0.6 is 0 Å². The van der Waals surface area contributed by atoms with E-state index in [1.165, 1.54) is 12.8 Å². The molecule has 0 aromatic rings. The van der Waals surface area contributed by atoms with Crippen LogP contribution in [0.1, 0.15) is 47.0 Å². The zero-order valence-electron chi connectivity index (χ0n) is 12.8. The van der Waals surface area contributed by atoms with Crippen molar-refractivity contribution in [2.75, 3.05) is 7.05 Å². The van der Waals surface area contributed by atoms with Gasteiger partial charge in [-0.3, -0.25) is 4.99 Å². The maximum Gasteiger partial charge on any atom is 0.191 e. The number of fused-ring (bicyclic) bond motifs is 2. The van der Waals surface area contributed by atoms with E-state index in [4.69, 9.17) is 4.74 Å². The molecule has 3 fully saturated rings. The summed E-state index contributed by atoms with van der Waals surface area (Å²) in [7, 11) is 1.85. The molecule has 2 bridgehead atoms. The van der Waals surface area contributed by atoms with Gasteiger partial charge in [0.2, 0.25) is 0 Å². The maximum atomic E-state index is 5.89. The number of guanidine groups is 1. The third kappa shape index (κ3) is 1.95. The van der Waals surface area contributed by atoms with E-state index in [2.05, 4.69) is 43.3 Å². The van der Waals surface area contributed by atoms with Gasteiger partial charge < -0.3 is 15.4 Å². The van der Waals surface area contributed by atoms with Gasteiger partial charge in [0, 0.05) is 13.1 Å². The Hall–Kier alpha value is -0.770.